The number of hydrogen-bond acceptors (Lipinski definition) is 3. The summed E-state index contributed by atoms with van der Waals surface area (Å²) in [6.45, 7) is 16.0. The molecule has 0 fully saturated rings. The molecule has 0 saturated carbocycles. The van der Waals surface area contributed by atoms with Crippen molar-refractivity contribution in [3.8, 4) is 11.3 Å². The number of allylic oxidation sites excluding steroid dienone is 8. The van der Waals surface area contributed by atoms with Crippen LogP contribution in [0, 0.1) is 0 Å². The molecule has 4 aromatic carbocycles. The van der Waals surface area contributed by atoms with Gasteiger partial charge in [0.2, 0.25) is 5.69 Å². The zero-order chi connectivity index (χ0) is 36.7. The van der Waals surface area contributed by atoms with Crippen LogP contribution >= 0.6 is 0 Å². The van der Waals surface area contributed by atoms with Crippen molar-refractivity contribution in [2.24, 2.45) is 0 Å². The van der Waals surface area contributed by atoms with Crippen molar-refractivity contribution in [3.63, 3.8) is 0 Å². The van der Waals surface area contributed by atoms with Gasteiger partial charge in [0.15, 0.2) is 5.71 Å². The van der Waals surface area contributed by atoms with Gasteiger partial charge in [-0.05, 0) is 85.2 Å². The third kappa shape index (κ3) is 6.10. The van der Waals surface area contributed by atoms with E-state index in [2.05, 4.69) is 177 Å². The Bertz CT molecular complexity index is 2360. The maximum absolute atomic E-state index is 4.85. The highest BCUT2D eigenvalue weighted by molar-refractivity contribution is 6.03. The van der Waals surface area contributed by atoms with Crippen molar-refractivity contribution < 1.29 is 4.58 Å². The first-order valence-corrected chi connectivity index (χ1v) is 19.6. The topological polar surface area (TPSA) is 37.0 Å². The Hall–Kier alpha value is -5.29. The third-order valence-corrected chi connectivity index (χ3v) is 11.6. The summed E-state index contributed by atoms with van der Waals surface area (Å²) in [5.74, 6) is 0. The summed E-state index contributed by atoms with van der Waals surface area (Å²) >= 11 is 0. The molecule has 1 aliphatic carbocycles. The Labute approximate surface area is 315 Å². The van der Waals surface area contributed by atoms with E-state index in [9.17, 15) is 0 Å². The van der Waals surface area contributed by atoms with Gasteiger partial charge in [0.05, 0.1) is 17.3 Å². The van der Waals surface area contributed by atoms with Crippen LogP contribution < -0.4 is 4.90 Å². The van der Waals surface area contributed by atoms with Gasteiger partial charge in [-0.2, -0.15) is 4.58 Å². The summed E-state index contributed by atoms with van der Waals surface area (Å²) in [4.78, 5) is 2.53. The normalized spacial score (nSPS) is 19.3. The first-order chi connectivity index (χ1) is 25.7. The molecule has 0 N–H and O–H groups in total. The van der Waals surface area contributed by atoms with E-state index in [1.807, 2.05) is 0 Å². The van der Waals surface area contributed by atoms with Crippen LogP contribution in [-0.2, 0) is 10.8 Å². The molecule has 268 valence electrons. The van der Waals surface area contributed by atoms with Crippen LogP contribution in [0.4, 0.5) is 11.4 Å². The predicted octanol–water partition coefficient (Wildman–Crippen LogP) is 11.6. The molecule has 0 radical (unpaired) electrons. The minimum atomic E-state index is -0.0942. The average molecular weight is 699 g/mol. The number of nitrogens with zero attached hydrogens (tertiary/aromatic N) is 5. The summed E-state index contributed by atoms with van der Waals surface area (Å²) in [5.41, 5.74) is 13.7. The fourth-order valence-electron chi connectivity index (χ4n) is 8.96. The molecule has 5 nitrogen and oxygen atoms in total. The van der Waals surface area contributed by atoms with Gasteiger partial charge in [0.25, 0.3) is 0 Å². The van der Waals surface area contributed by atoms with Gasteiger partial charge in [-0.1, -0.05) is 118 Å². The molecular formula is C48H52N5+. The van der Waals surface area contributed by atoms with E-state index in [-0.39, 0.29) is 10.8 Å². The first-order valence-electron chi connectivity index (χ1n) is 19.6. The Morgan fingerprint density at radius 3 is 2.32 bits per heavy atom. The lowest BCUT2D eigenvalue weighted by Gasteiger charge is -2.27. The molecule has 3 aliphatic rings. The maximum atomic E-state index is 4.85. The minimum Gasteiger partial charge on any atom is -0.344 e. The van der Waals surface area contributed by atoms with Crippen LogP contribution in [0.5, 0.6) is 0 Å². The smallest absolute Gasteiger partial charge is 0.209 e. The van der Waals surface area contributed by atoms with E-state index in [0.717, 1.165) is 62.1 Å². The van der Waals surface area contributed by atoms with Crippen LogP contribution in [-0.4, -0.2) is 38.4 Å². The lowest BCUT2D eigenvalue weighted by atomic mass is 9.81. The monoisotopic (exact) mass is 698 g/mol. The quantitative estimate of drug-likeness (QED) is 0.144. The summed E-state index contributed by atoms with van der Waals surface area (Å²) in [5, 5.41) is 12.1. The highest BCUT2D eigenvalue weighted by Gasteiger charge is 2.44. The van der Waals surface area contributed by atoms with Gasteiger partial charge in [-0.3, -0.25) is 0 Å². The van der Waals surface area contributed by atoms with Crippen LogP contribution in [0.2, 0.25) is 0 Å². The molecule has 0 atom stereocenters. The number of aromatic nitrogens is 3. The van der Waals surface area contributed by atoms with Crippen LogP contribution in [0.1, 0.15) is 84.8 Å². The second-order valence-corrected chi connectivity index (χ2v) is 15.9. The number of fused-ring (bicyclic) bond motifs is 3. The molecule has 0 saturated heterocycles. The zero-order valence-electron chi connectivity index (χ0n) is 32.2. The molecule has 5 heteroatoms. The van der Waals surface area contributed by atoms with Gasteiger partial charge in [-0.25, -0.2) is 4.68 Å². The molecule has 3 heterocycles. The lowest BCUT2D eigenvalue weighted by molar-refractivity contribution is -0.437. The number of benzene rings is 4. The van der Waals surface area contributed by atoms with E-state index < -0.39 is 0 Å². The van der Waals surface area contributed by atoms with Gasteiger partial charge in [-0.15, -0.1) is 5.10 Å². The van der Waals surface area contributed by atoms with Crippen molar-refractivity contribution >= 4 is 33.6 Å². The average Bonchev–Trinajstić information content (AvgIpc) is 3.80. The van der Waals surface area contributed by atoms with E-state index in [4.69, 9.17) is 10.3 Å². The molecule has 0 bridgehead atoms. The van der Waals surface area contributed by atoms with Crippen LogP contribution in [0.25, 0.3) is 27.7 Å². The van der Waals surface area contributed by atoms with Gasteiger partial charge < -0.3 is 4.90 Å². The molecule has 0 amide bonds. The minimum absolute atomic E-state index is 0.0942. The second-order valence-electron chi connectivity index (χ2n) is 15.9. The molecule has 0 unspecified atom stereocenters. The fraction of sp³-hybridized carbons (Fsp3) is 0.312. The molecular weight excluding hydrogens is 647 g/mol. The number of anilines is 1. The maximum Gasteiger partial charge on any atom is 0.209 e. The Morgan fingerprint density at radius 2 is 1.51 bits per heavy atom. The number of rotatable bonds is 9. The lowest BCUT2D eigenvalue weighted by Crippen LogP contribution is -2.28. The Kier molecular flexibility index (Phi) is 9.14. The van der Waals surface area contributed by atoms with Gasteiger partial charge in [0.1, 0.15) is 12.2 Å². The van der Waals surface area contributed by atoms with Crippen molar-refractivity contribution in [1.82, 2.24) is 15.0 Å². The van der Waals surface area contributed by atoms with Gasteiger partial charge >= 0.3 is 0 Å². The standard InChI is InChI=1S/C48H52N5/c1-7-30-51-42-22-13-11-20-39(42)47(3,4)44(51)28-26-35-18-15-19-36(27-29-45-48(5,6)40-21-12-14-23-43(40)52(45)31-8-2)46(35)53-33-41(49-50-53)38-25-24-34-16-9-10-17-37(34)32-38/h9-14,16-17,20-29,32-33H,7-8,15,18-19,30-31H2,1-6H3/q+1. The highest BCUT2D eigenvalue weighted by Crippen LogP contribution is 2.48. The van der Waals surface area contributed by atoms with Crippen LogP contribution in [0.3, 0.4) is 0 Å². The van der Waals surface area contributed by atoms with Crippen LogP contribution in [0.15, 0.2) is 138 Å². The van der Waals surface area contributed by atoms with E-state index in [1.54, 1.807) is 0 Å². The predicted molar refractivity (Wildman–Crippen MR) is 222 cm³/mol. The number of hydrogen-bond donors (Lipinski definition) is 0. The SMILES string of the molecule is CCCN1/C(=C/C=C2\CCCC(/C=C/C3=[N+](CCC)c4ccccc4C3(C)C)=C2n2cc(-c3ccc4ccccc4c3)nn2)C(C)(C)c2ccccc21. The van der Waals surface area contributed by atoms with Crippen molar-refractivity contribution in [1.29, 1.82) is 0 Å². The molecule has 53 heavy (non-hydrogen) atoms. The van der Waals surface area contributed by atoms with E-state index in [0.29, 0.717) is 0 Å². The van der Waals surface area contributed by atoms with Crippen molar-refractivity contribution in [2.75, 3.05) is 18.0 Å². The molecule has 0 spiro atoms. The Balaban J connectivity index is 1.26. The first kappa shape index (κ1) is 34.8. The third-order valence-electron chi connectivity index (χ3n) is 11.6. The largest absolute Gasteiger partial charge is 0.344 e. The van der Waals surface area contributed by atoms with Crippen molar-refractivity contribution in [2.45, 2.75) is 84.5 Å². The zero-order valence-corrected chi connectivity index (χ0v) is 32.2. The highest BCUT2D eigenvalue weighted by atomic mass is 15.4. The molecule has 8 rings (SSSR count). The summed E-state index contributed by atoms with van der Waals surface area (Å²) in [7, 11) is 0. The van der Waals surface area contributed by atoms with Crippen molar-refractivity contribution in [3.05, 3.63) is 149 Å². The summed E-state index contributed by atoms with van der Waals surface area (Å²) in [6, 6.07) is 32.9. The molecule has 2 aliphatic heterocycles. The molecule has 1 aromatic heterocycles. The fourth-order valence-corrected chi connectivity index (χ4v) is 8.96. The van der Waals surface area contributed by atoms with E-state index >= 15 is 0 Å². The van der Waals surface area contributed by atoms with E-state index in [1.165, 1.54) is 55.8 Å². The number of para-hydroxylation sites is 2. The summed E-state index contributed by atoms with van der Waals surface area (Å²) < 4.78 is 4.58. The molecule has 5 aromatic rings. The second kappa shape index (κ2) is 13.9. The Morgan fingerprint density at radius 1 is 0.755 bits per heavy atom. The van der Waals surface area contributed by atoms with Gasteiger partial charge in [0, 0.05) is 53.0 Å². The summed E-state index contributed by atoms with van der Waals surface area (Å²) in [6.07, 6.45) is 16.9.